The lowest BCUT2D eigenvalue weighted by molar-refractivity contribution is -0.138. The van der Waals surface area contributed by atoms with Gasteiger partial charge < -0.3 is 15.3 Å². The number of aromatic hydroxyl groups is 1. The number of hydrogen-bond acceptors (Lipinski definition) is 4. The summed E-state index contributed by atoms with van der Waals surface area (Å²) in [6.07, 6.45) is 5.84. The molecule has 0 aromatic heterocycles. The van der Waals surface area contributed by atoms with Gasteiger partial charge in [-0.25, -0.2) is 4.79 Å². The van der Waals surface area contributed by atoms with Gasteiger partial charge >= 0.3 is 6.03 Å². The predicted molar refractivity (Wildman–Crippen MR) is 98.7 cm³/mol. The average Bonchev–Trinajstić information content (AvgIpc) is 3.23. The van der Waals surface area contributed by atoms with Crippen molar-refractivity contribution in [1.82, 2.24) is 15.1 Å². The summed E-state index contributed by atoms with van der Waals surface area (Å²) in [6, 6.07) is 6.54. The summed E-state index contributed by atoms with van der Waals surface area (Å²) < 4.78 is 0. The zero-order valence-corrected chi connectivity index (χ0v) is 15.1. The van der Waals surface area contributed by atoms with Crippen molar-refractivity contribution in [1.29, 1.82) is 0 Å². The number of carbonyl (C=O) groups excluding carboxylic acids is 3. The van der Waals surface area contributed by atoms with Gasteiger partial charge in [-0.2, -0.15) is 0 Å². The third kappa shape index (κ3) is 3.18. The molecule has 4 rings (SSSR count). The van der Waals surface area contributed by atoms with Gasteiger partial charge in [0.2, 0.25) is 5.91 Å². The number of rotatable bonds is 3. The van der Waals surface area contributed by atoms with Crippen LogP contribution in [0.15, 0.2) is 30.3 Å². The SMILES string of the molecule is O=C(CN1C(=O)NC2(CCCC2)C1=O)N1CC=C(c2ccc(O)cc2)CC1. The molecule has 0 bridgehead atoms. The number of nitrogens with one attached hydrogen (secondary N) is 1. The van der Waals surface area contributed by atoms with E-state index < -0.39 is 11.6 Å². The number of phenolic OH excluding ortho intramolecular Hbond substituents is 1. The molecule has 0 unspecified atom stereocenters. The summed E-state index contributed by atoms with van der Waals surface area (Å²) in [5.74, 6) is -0.245. The van der Waals surface area contributed by atoms with Crippen molar-refractivity contribution in [3.63, 3.8) is 0 Å². The smallest absolute Gasteiger partial charge is 0.325 e. The molecule has 2 aliphatic heterocycles. The number of benzene rings is 1. The van der Waals surface area contributed by atoms with Crippen LogP contribution in [0.1, 0.15) is 37.7 Å². The van der Waals surface area contributed by atoms with Gasteiger partial charge in [0.1, 0.15) is 17.8 Å². The van der Waals surface area contributed by atoms with Gasteiger partial charge in [-0.05, 0) is 42.5 Å². The lowest BCUT2D eigenvalue weighted by Crippen LogP contribution is -2.46. The quantitative estimate of drug-likeness (QED) is 0.796. The molecule has 1 spiro atoms. The molecule has 0 radical (unpaired) electrons. The van der Waals surface area contributed by atoms with E-state index >= 15 is 0 Å². The maximum atomic E-state index is 12.7. The second kappa shape index (κ2) is 6.72. The van der Waals surface area contributed by atoms with E-state index in [0.29, 0.717) is 32.4 Å². The van der Waals surface area contributed by atoms with Crippen molar-refractivity contribution in [3.05, 3.63) is 35.9 Å². The second-order valence-corrected chi connectivity index (χ2v) is 7.48. The molecule has 27 heavy (non-hydrogen) atoms. The molecule has 2 N–H and O–H groups in total. The van der Waals surface area contributed by atoms with Crippen LogP contribution in [-0.4, -0.2) is 57.9 Å². The molecule has 0 atom stereocenters. The van der Waals surface area contributed by atoms with E-state index in [4.69, 9.17) is 0 Å². The van der Waals surface area contributed by atoms with Crippen molar-refractivity contribution in [2.45, 2.75) is 37.6 Å². The van der Waals surface area contributed by atoms with E-state index in [2.05, 4.69) is 5.32 Å². The zero-order valence-electron chi connectivity index (χ0n) is 15.1. The van der Waals surface area contributed by atoms with Crippen LogP contribution in [-0.2, 0) is 9.59 Å². The molecule has 142 valence electrons. The lowest BCUT2D eigenvalue weighted by Gasteiger charge is -2.28. The van der Waals surface area contributed by atoms with Crippen LogP contribution < -0.4 is 5.32 Å². The normalized spacial score (nSPS) is 21.6. The number of hydrogen-bond donors (Lipinski definition) is 2. The molecule has 2 heterocycles. The summed E-state index contributed by atoms with van der Waals surface area (Å²) >= 11 is 0. The number of nitrogens with zero attached hydrogens (tertiary/aromatic N) is 2. The maximum absolute atomic E-state index is 12.7. The van der Waals surface area contributed by atoms with Gasteiger partial charge in [-0.3, -0.25) is 14.5 Å². The Hall–Kier alpha value is -2.83. The van der Waals surface area contributed by atoms with Crippen LogP contribution in [0.2, 0.25) is 0 Å². The monoisotopic (exact) mass is 369 g/mol. The van der Waals surface area contributed by atoms with Gasteiger partial charge in [0.05, 0.1) is 0 Å². The Labute approximate surface area is 157 Å². The van der Waals surface area contributed by atoms with E-state index in [0.717, 1.165) is 28.9 Å². The molecule has 1 saturated carbocycles. The summed E-state index contributed by atoms with van der Waals surface area (Å²) in [5.41, 5.74) is 1.38. The minimum absolute atomic E-state index is 0.200. The van der Waals surface area contributed by atoms with Gasteiger partial charge in [-0.15, -0.1) is 0 Å². The second-order valence-electron chi connectivity index (χ2n) is 7.48. The summed E-state index contributed by atoms with van der Waals surface area (Å²) in [4.78, 5) is 40.3. The molecule has 1 aromatic carbocycles. The average molecular weight is 369 g/mol. The minimum Gasteiger partial charge on any atom is -0.508 e. The topological polar surface area (TPSA) is 90.0 Å². The maximum Gasteiger partial charge on any atom is 0.325 e. The Morgan fingerprint density at radius 2 is 1.85 bits per heavy atom. The largest absolute Gasteiger partial charge is 0.508 e. The van der Waals surface area contributed by atoms with Gasteiger partial charge in [-0.1, -0.05) is 31.1 Å². The molecule has 1 aliphatic carbocycles. The number of phenols is 1. The standard InChI is InChI=1S/C20H23N3O4/c24-16-5-3-14(4-6-16)15-7-11-22(12-8-15)17(25)13-23-18(26)20(21-19(23)27)9-1-2-10-20/h3-7,24H,1-2,8-13H2,(H,21,27). The van der Waals surface area contributed by atoms with Crippen LogP contribution in [0, 0.1) is 0 Å². The number of amides is 4. The fourth-order valence-corrected chi connectivity index (χ4v) is 4.21. The molecular weight excluding hydrogens is 346 g/mol. The molecule has 3 aliphatic rings. The van der Waals surface area contributed by atoms with Crippen LogP contribution in [0.4, 0.5) is 4.79 Å². The van der Waals surface area contributed by atoms with Crippen LogP contribution in [0.3, 0.4) is 0 Å². The third-order valence-electron chi connectivity index (χ3n) is 5.80. The number of carbonyl (C=O) groups is 3. The molecule has 7 nitrogen and oxygen atoms in total. The summed E-state index contributed by atoms with van der Waals surface area (Å²) in [6.45, 7) is 0.791. The summed E-state index contributed by atoms with van der Waals surface area (Å²) in [5, 5.41) is 12.2. The van der Waals surface area contributed by atoms with Crippen molar-refractivity contribution in [3.8, 4) is 5.75 Å². The highest BCUT2D eigenvalue weighted by Gasteiger charge is 2.52. The first kappa shape index (κ1) is 17.6. The Morgan fingerprint density at radius 1 is 1.15 bits per heavy atom. The van der Waals surface area contributed by atoms with Gasteiger partial charge in [0.15, 0.2) is 0 Å². The summed E-state index contributed by atoms with van der Waals surface area (Å²) in [7, 11) is 0. The Kier molecular flexibility index (Phi) is 4.37. The predicted octanol–water partition coefficient (Wildman–Crippen LogP) is 1.87. The van der Waals surface area contributed by atoms with Gasteiger partial charge in [0, 0.05) is 13.1 Å². The Morgan fingerprint density at radius 3 is 2.48 bits per heavy atom. The van der Waals surface area contributed by atoms with Crippen molar-refractivity contribution < 1.29 is 19.5 Å². The third-order valence-corrected chi connectivity index (χ3v) is 5.80. The minimum atomic E-state index is -0.773. The van der Waals surface area contributed by atoms with Gasteiger partial charge in [0.25, 0.3) is 5.91 Å². The van der Waals surface area contributed by atoms with E-state index in [9.17, 15) is 19.5 Å². The first-order chi connectivity index (χ1) is 13.0. The van der Waals surface area contributed by atoms with E-state index in [1.165, 1.54) is 0 Å². The van der Waals surface area contributed by atoms with Crippen LogP contribution >= 0.6 is 0 Å². The Bertz CT molecular complexity index is 809. The zero-order chi connectivity index (χ0) is 19.0. The first-order valence-electron chi connectivity index (χ1n) is 9.39. The highest BCUT2D eigenvalue weighted by molar-refractivity contribution is 6.09. The molecular formula is C20H23N3O4. The van der Waals surface area contributed by atoms with Crippen molar-refractivity contribution in [2.24, 2.45) is 0 Å². The number of imide groups is 1. The lowest BCUT2D eigenvalue weighted by atomic mass is 9.98. The van der Waals surface area contributed by atoms with E-state index in [1.54, 1.807) is 17.0 Å². The molecule has 1 aromatic rings. The highest BCUT2D eigenvalue weighted by Crippen LogP contribution is 2.35. The first-order valence-corrected chi connectivity index (χ1v) is 9.39. The van der Waals surface area contributed by atoms with E-state index in [1.807, 2.05) is 18.2 Å². The fourth-order valence-electron chi connectivity index (χ4n) is 4.21. The van der Waals surface area contributed by atoms with Crippen LogP contribution in [0.5, 0.6) is 5.75 Å². The fraction of sp³-hybridized carbons (Fsp3) is 0.450. The number of urea groups is 1. The molecule has 2 fully saturated rings. The highest BCUT2D eigenvalue weighted by atomic mass is 16.3. The van der Waals surface area contributed by atoms with Crippen LogP contribution in [0.25, 0.3) is 5.57 Å². The molecule has 4 amide bonds. The van der Waals surface area contributed by atoms with Crippen molar-refractivity contribution >= 4 is 23.4 Å². The molecule has 1 saturated heterocycles. The Balaban J connectivity index is 1.39. The van der Waals surface area contributed by atoms with E-state index in [-0.39, 0.29) is 24.1 Å². The molecule has 7 heteroatoms. The van der Waals surface area contributed by atoms with Crippen molar-refractivity contribution in [2.75, 3.05) is 19.6 Å².